The number of aromatic hydroxyl groups is 1. The van der Waals surface area contributed by atoms with Crippen LogP contribution in [0.3, 0.4) is 0 Å². The van der Waals surface area contributed by atoms with Crippen molar-refractivity contribution in [2.45, 2.75) is 28.5 Å². The Bertz CT molecular complexity index is 2450. The van der Waals surface area contributed by atoms with Crippen molar-refractivity contribution in [1.29, 1.82) is 0 Å². The summed E-state index contributed by atoms with van der Waals surface area (Å²) in [6, 6.07) is 4.05. The third-order valence-electron chi connectivity index (χ3n) is 11.0. The van der Waals surface area contributed by atoms with Crippen LogP contribution >= 0.6 is 45.8 Å². The van der Waals surface area contributed by atoms with E-state index in [0.717, 1.165) is 24.1 Å². The number of nitro benzene ring substituents is 2. The molecule has 0 aromatic heterocycles. The fourth-order valence-electron chi connectivity index (χ4n) is 8.57. The average molecular weight is 966 g/mol. The van der Waals surface area contributed by atoms with Gasteiger partial charge < -0.3 is 14.7 Å². The molecule has 0 radical (unpaired) electrons. The zero-order valence-electron chi connectivity index (χ0n) is 29.5. The van der Waals surface area contributed by atoms with Crippen LogP contribution in [-0.2, 0) is 19.2 Å². The van der Waals surface area contributed by atoms with E-state index < -0.39 is 137 Å². The molecule has 23 heteroatoms. The van der Waals surface area contributed by atoms with Crippen molar-refractivity contribution in [3.05, 3.63) is 94.4 Å². The first kappa shape index (κ1) is 41.0. The number of fused-ring (bicyclic) bond motifs is 4. The van der Waals surface area contributed by atoms with Crippen LogP contribution in [0.1, 0.15) is 24.3 Å². The molecule has 0 bridgehead atoms. The van der Waals surface area contributed by atoms with Crippen LogP contribution in [-0.4, -0.2) is 69.5 Å². The third kappa shape index (κ3) is 5.34. The predicted molar refractivity (Wildman–Crippen MR) is 200 cm³/mol. The maximum absolute atomic E-state index is 15.4. The number of anilines is 3. The maximum atomic E-state index is 15.4. The van der Waals surface area contributed by atoms with Crippen molar-refractivity contribution < 1.29 is 60.8 Å². The van der Waals surface area contributed by atoms with E-state index in [9.17, 15) is 57.7 Å². The lowest BCUT2D eigenvalue weighted by atomic mass is 9.56. The van der Waals surface area contributed by atoms with E-state index in [-0.39, 0.29) is 31.8 Å². The second kappa shape index (κ2) is 13.7. The number of rotatable bonds is 7. The fourth-order valence-corrected chi connectivity index (χ4v) is 10.1. The van der Waals surface area contributed by atoms with Crippen molar-refractivity contribution in [3.63, 3.8) is 0 Å². The lowest BCUT2D eigenvalue weighted by Gasteiger charge is -2.50. The van der Waals surface area contributed by atoms with Crippen LogP contribution in [0.15, 0.2) is 35.9 Å². The highest BCUT2D eigenvalue weighted by Gasteiger charge is 2.77. The number of alkyl halides is 2. The molecule has 2 aliphatic carbocycles. The van der Waals surface area contributed by atoms with E-state index in [0.29, 0.717) is 4.90 Å². The Balaban J connectivity index is 1.44. The maximum Gasteiger partial charge on any atom is 0.301 e. The van der Waals surface area contributed by atoms with Crippen LogP contribution in [0, 0.1) is 70.6 Å². The Kier molecular flexibility index (Phi) is 9.70. The summed E-state index contributed by atoms with van der Waals surface area (Å²) >= 11 is 16.0. The van der Waals surface area contributed by atoms with Gasteiger partial charge in [-0.2, -0.15) is 0 Å². The molecule has 2 aliphatic heterocycles. The molecule has 4 aliphatic rings. The molecule has 2 saturated heterocycles. The van der Waals surface area contributed by atoms with Crippen molar-refractivity contribution in [2.24, 2.45) is 17.8 Å². The molecule has 304 valence electrons. The van der Waals surface area contributed by atoms with E-state index in [4.69, 9.17) is 27.9 Å². The van der Waals surface area contributed by atoms with Crippen molar-refractivity contribution in [3.8, 4) is 11.5 Å². The van der Waals surface area contributed by atoms with E-state index in [1.54, 1.807) is 22.6 Å². The Morgan fingerprint density at radius 3 is 1.93 bits per heavy atom. The molecule has 3 fully saturated rings. The van der Waals surface area contributed by atoms with Gasteiger partial charge in [0, 0.05) is 32.1 Å². The number of amides is 4. The zero-order valence-corrected chi connectivity index (χ0v) is 33.2. The van der Waals surface area contributed by atoms with E-state index in [1.807, 2.05) is 0 Å². The number of benzene rings is 3. The van der Waals surface area contributed by atoms with E-state index in [2.05, 4.69) is 0 Å². The number of phenolic OH excluding ortho intramolecular Hbond substituents is 1. The van der Waals surface area contributed by atoms with Gasteiger partial charge in [0.2, 0.25) is 17.6 Å². The monoisotopic (exact) mass is 965 g/mol. The number of halogens is 8. The number of allylic oxidation sites excluding steroid dienone is 2. The molecule has 1 saturated carbocycles. The van der Waals surface area contributed by atoms with Gasteiger partial charge in [-0.15, -0.1) is 23.2 Å². The van der Waals surface area contributed by atoms with Crippen LogP contribution in [0.5, 0.6) is 11.5 Å². The quantitative estimate of drug-likeness (QED) is 0.0319. The number of ether oxygens (including phenoxy) is 1. The SMILES string of the molecule is COc1cc(C2C3=CCC4C(=O)N(c5cc([N+](=O)[O-])c(N(C)C)c([N+](=O)[O-])c5)C(=O)C4C3CC3(Cl)C(=O)N(c4c(F)c(F)c(F)c(F)c4F)C(=O)C23Cl)cc(I)c1O. The third-order valence-corrected chi connectivity index (χ3v) is 13.2. The minimum absolute atomic E-state index is 0.0481. The summed E-state index contributed by atoms with van der Waals surface area (Å²) in [5, 5.41) is 34.9. The summed E-state index contributed by atoms with van der Waals surface area (Å²) < 4.78 is 79.3. The van der Waals surface area contributed by atoms with Gasteiger partial charge in [-0.05, 0) is 59.0 Å². The molecular formula is C35H23Cl2F5IN5O10. The number of nitro groups is 2. The minimum Gasteiger partial charge on any atom is -0.504 e. The van der Waals surface area contributed by atoms with E-state index in [1.165, 1.54) is 32.3 Å². The standard InChI is InChI=1S/C35H23Cl2F5IN5O10/c1-44(2)27-17(47(54)55)8-12(9-18(27)48(56)57)45-30(50)14-5-4-13-15(20(14)31(45)51)10-34(36)32(52)46(28-25(41)23(39)22(38)24(40)26(28)42)33(53)35(34,37)21(13)11-6-16(43)29(49)19(7-11)58-3/h4,6-9,14-15,20-21,49H,5,10H2,1-3H3. The zero-order chi connectivity index (χ0) is 42.8. The van der Waals surface area contributed by atoms with Gasteiger partial charge in [-0.3, -0.25) is 39.4 Å². The molecule has 0 spiro atoms. The van der Waals surface area contributed by atoms with Crippen LogP contribution in [0.25, 0.3) is 0 Å². The van der Waals surface area contributed by atoms with Crippen molar-refractivity contribution in [2.75, 3.05) is 35.9 Å². The summed E-state index contributed by atoms with van der Waals surface area (Å²) in [6.45, 7) is 0. The Labute approximate surface area is 345 Å². The minimum atomic E-state index is -2.88. The van der Waals surface area contributed by atoms with Crippen LogP contribution in [0.2, 0.25) is 0 Å². The smallest absolute Gasteiger partial charge is 0.301 e. The molecule has 6 unspecified atom stereocenters. The number of carbonyl (C=O) groups is 4. The summed E-state index contributed by atoms with van der Waals surface area (Å²) in [4.78, 5) is 75.5. The molecule has 58 heavy (non-hydrogen) atoms. The van der Waals surface area contributed by atoms with Gasteiger partial charge in [0.25, 0.3) is 11.8 Å². The predicted octanol–water partition coefficient (Wildman–Crippen LogP) is 6.35. The summed E-state index contributed by atoms with van der Waals surface area (Å²) in [7, 11) is 3.76. The largest absolute Gasteiger partial charge is 0.504 e. The molecule has 3 aromatic carbocycles. The van der Waals surface area contributed by atoms with Crippen LogP contribution < -0.4 is 19.4 Å². The number of methoxy groups -OCH3 is 1. The second-order valence-electron chi connectivity index (χ2n) is 14.0. The van der Waals surface area contributed by atoms with Crippen molar-refractivity contribution >= 4 is 97.9 Å². The van der Waals surface area contributed by atoms with Gasteiger partial charge in [-0.1, -0.05) is 11.6 Å². The molecule has 3 aromatic rings. The van der Waals surface area contributed by atoms with Gasteiger partial charge >= 0.3 is 11.4 Å². The van der Waals surface area contributed by atoms with Gasteiger partial charge in [0.15, 0.2) is 50.2 Å². The summed E-state index contributed by atoms with van der Waals surface area (Å²) in [5.41, 5.74) is -4.61. The average Bonchev–Trinajstić information content (AvgIpc) is 3.51. The number of phenols is 1. The number of hydrogen-bond donors (Lipinski definition) is 1. The lowest BCUT2D eigenvalue weighted by molar-refractivity contribution is -0.392. The molecule has 15 nitrogen and oxygen atoms in total. The van der Waals surface area contributed by atoms with Crippen LogP contribution in [0.4, 0.5) is 50.4 Å². The van der Waals surface area contributed by atoms with Gasteiger partial charge in [0.1, 0.15) is 5.69 Å². The molecule has 1 N–H and O–H groups in total. The topological polar surface area (TPSA) is 194 Å². The normalized spacial score (nSPS) is 26.4. The molecule has 7 rings (SSSR count). The Morgan fingerprint density at radius 2 is 1.41 bits per heavy atom. The number of hydrogen-bond acceptors (Lipinski definition) is 11. The van der Waals surface area contributed by atoms with Crippen molar-refractivity contribution in [1.82, 2.24) is 0 Å². The van der Waals surface area contributed by atoms with Gasteiger partial charge in [0.05, 0.1) is 38.0 Å². The lowest BCUT2D eigenvalue weighted by Crippen LogP contribution is -2.60. The fraction of sp³-hybridized carbons (Fsp3) is 0.314. The number of nitrogens with zero attached hydrogens (tertiary/aromatic N) is 5. The number of carbonyl (C=O) groups excluding carboxylic acids is 4. The first-order valence-electron chi connectivity index (χ1n) is 16.6. The highest BCUT2D eigenvalue weighted by atomic mass is 127. The summed E-state index contributed by atoms with van der Waals surface area (Å²) in [6.07, 6.45) is 0.236. The Hall–Kier alpha value is -5.16. The first-order chi connectivity index (χ1) is 27.1. The van der Waals surface area contributed by atoms with E-state index >= 15 is 8.78 Å². The summed E-state index contributed by atoms with van der Waals surface area (Å²) in [5.74, 6) is -24.8. The van der Waals surface area contributed by atoms with Gasteiger partial charge in [-0.25, -0.2) is 31.8 Å². The molecule has 4 amide bonds. The molecule has 6 atom stereocenters. The second-order valence-corrected chi connectivity index (χ2v) is 16.4. The molecule has 2 heterocycles. The first-order valence-corrected chi connectivity index (χ1v) is 18.5. The highest BCUT2D eigenvalue weighted by molar-refractivity contribution is 14.1. The number of imide groups is 2. The highest BCUT2D eigenvalue weighted by Crippen LogP contribution is 2.66. The Morgan fingerprint density at radius 1 is 0.862 bits per heavy atom. The molecular weight excluding hydrogens is 943 g/mol.